The van der Waals surface area contributed by atoms with Crippen LogP contribution in [0.25, 0.3) is 0 Å². The van der Waals surface area contributed by atoms with Gasteiger partial charge in [0.15, 0.2) is 6.10 Å². The van der Waals surface area contributed by atoms with Gasteiger partial charge in [-0.15, -0.1) is 0 Å². The van der Waals surface area contributed by atoms with Crippen LogP contribution in [0.15, 0.2) is 10.7 Å². The molecular weight excluding hydrogens is 253 g/mol. The average molecular weight is 259 g/mol. The molecule has 0 aliphatic heterocycles. The van der Waals surface area contributed by atoms with Gasteiger partial charge in [-0.2, -0.15) is 18.3 Å². The van der Waals surface area contributed by atoms with E-state index < -0.39 is 18.7 Å². The van der Waals surface area contributed by atoms with E-state index in [0.717, 1.165) is 0 Å². The maximum atomic E-state index is 11.9. The van der Waals surface area contributed by atoms with Gasteiger partial charge in [0, 0.05) is 6.42 Å². The highest BCUT2D eigenvalue weighted by Gasteiger charge is 2.38. The van der Waals surface area contributed by atoms with E-state index in [1.54, 1.807) is 0 Å². The Balaban J connectivity index is 2.65. The smallest absolute Gasteiger partial charge is 0.383 e. The highest BCUT2D eigenvalue weighted by molar-refractivity contribution is 9.10. The van der Waals surface area contributed by atoms with E-state index >= 15 is 0 Å². The lowest BCUT2D eigenvalue weighted by molar-refractivity contribution is -0.203. The zero-order valence-corrected chi connectivity index (χ0v) is 7.85. The largest absolute Gasteiger partial charge is 0.414 e. The lowest BCUT2D eigenvalue weighted by atomic mass is 10.2. The van der Waals surface area contributed by atoms with Gasteiger partial charge in [-0.1, -0.05) is 0 Å². The van der Waals surface area contributed by atoms with Crippen LogP contribution in [0.5, 0.6) is 0 Å². The molecule has 1 aromatic rings. The van der Waals surface area contributed by atoms with Gasteiger partial charge in [0.1, 0.15) is 0 Å². The molecule has 0 aliphatic carbocycles. The van der Waals surface area contributed by atoms with Gasteiger partial charge in [0.2, 0.25) is 0 Å². The van der Waals surface area contributed by atoms with Crippen molar-refractivity contribution < 1.29 is 18.3 Å². The van der Waals surface area contributed by atoms with E-state index in [-0.39, 0.29) is 5.69 Å². The first-order valence-corrected chi connectivity index (χ1v) is 4.13. The van der Waals surface area contributed by atoms with Gasteiger partial charge in [0.25, 0.3) is 0 Å². The molecule has 1 unspecified atom stereocenters. The Morgan fingerprint density at radius 1 is 1.62 bits per heavy atom. The molecule has 0 fully saturated rings. The van der Waals surface area contributed by atoms with Gasteiger partial charge < -0.3 is 5.11 Å². The number of aliphatic hydroxyl groups is 1. The first-order valence-electron chi connectivity index (χ1n) is 3.34. The summed E-state index contributed by atoms with van der Waals surface area (Å²) in [6.45, 7) is 0. The summed E-state index contributed by atoms with van der Waals surface area (Å²) in [6, 6.07) is 0. The number of alkyl halides is 3. The summed E-state index contributed by atoms with van der Waals surface area (Å²) < 4.78 is 36.0. The first-order chi connectivity index (χ1) is 5.91. The van der Waals surface area contributed by atoms with Crippen LogP contribution < -0.4 is 0 Å². The SMILES string of the molecule is OC(Cc1[nH]ncc1Br)C(F)(F)F. The Labute approximate surface area is 80.1 Å². The molecule has 0 spiro atoms. The third-order valence-corrected chi connectivity index (χ3v) is 2.12. The number of aromatic nitrogens is 2. The third-order valence-electron chi connectivity index (χ3n) is 1.44. The number of aromatic amines is 1. The molecular formula is C6H6BrF3N2O. The van der Waals surface area contributed by atoms with E-state index in [0.29, 0.717) is 4.47 Å². The van der Waals surface area contributed by atoms with E-state index in [9.17, 15) is 13.2 Å². The Bertz CT molecular complexity index is 286. The number of rotatable bonds is 2. The van der Waals surface area contributed by atoms with Crippen LogP contribution in [0.1, 0.15) is 5.69 Å². The minimum absolute atomic E-state index is 0.227. The van der Waals surface area contributed by atoms with Gasteiger partial charge >= 0.3 is 6.18 Å². The summed E-state index contributed by atoms with van der Waals surface area (Å²) >= 11 is 2.99. The zero-order chi connectivity index (χ0) is 10.1. The Kier molecular flexibility index (Phi) is 2.97. The second-order valence-corrected chi connectivity index (χ2v) is 3.31. The molecule has 1 aromatic heterocycles. The summed E-state index contributed by atoms with van der Waals surface area (Å²) in [5.41, 5.74) is 0.227. The molecule has 0 aromatic carbocycles. The van der Waals surface area contributed by atoms with Crippen LogP contribution in [-0.2, 0) is 6.42 Å². The molecule has 0 saturated carbocycles. The van der Waals surface area contributed by atoms with Crippen molar-refractivity contribution in [3.8, 4) is 0 Å². The monoisotopic (exact) mass is 258 g/mol. The molecule has 74 valence electrons. The van der Waals surface area contributed by atoms with E-state index in [4.69, 9.17) is 5.11 Å². The molecule has 0 amide bonds. The van der Waals surface area contributed by atoms with Gasteiger partial charge in [-0.3, -0.25) is 5.10 Å². The fraction of sp³-hybridized carbons (Fsp3) is 0.500. The number of hydrogen-bond donors (Lipinski definition) is 2. The molecule has 13 heavy (non-hydrogen) atoms. The number of nitrogens with one attached hydrogen (secondary N) is 1. The number of hydrogen-bond acceptors (Lipinski definition) is 2. The van der Waals surface area contributed by atoms with Crippen molar-refractivity contribution in [2.75, 3.05) is 0 Å². The predicted molar refractivity (Wildman–Crippen MR) is 42.1 cm³/mol. The predicted octanol–water partition coefficient (Wildman–Crippen LogP) is 1.64. The second kappa shape index (κ2) is 3.67. The second-order valence-electron chi connectivity index (χ2n) is 2.46. The average Bonchev–Trinajstić information content (AvgIpc) is 2.34. The van der Waals surface area contributed by atoms with Crippen molar-refractivity contribution in [2.45, 2.75) is 18.7 Å². The van der Waals surface area contributed by atoms with Crippen molar-refractivity contribution in [3.05, 3.63) is 16.4 Å². The molecule has 3 nitrogen and oxygen atoms in total. The van der Waals surface area contributed by atoms with Crippen LogP contribution in [0, 0.1) is 0 Å². The highest BCUT2D eigenvalue weighted by Crippen LogP contribution is 2.24. The molecule has 0 radical (unpaired) electrons. The van der Waals surface area contributed by atoms with Crippen LogP contribution in [0.2, 0.25) is 0 Å². The molecule has 2 N–H and O–H groups in total. The van der Waals surface area contributed by atoms with Gasteiger partial charge in [-0.25, -0.2) is 0 Å². The lowest BCUT2D eigenvalue weighted by Crippen LogP contribution is -2.30. The van der Waals surface area contributed by atoms with Crippen molar-refractivity contribution >= 4 is 15.9 Å². The quantitative estimate of drug-likeness (QED) is 0.848. The molecule has 0 aliphatic rings. The fourth-order valence-electron chi connectivity index (χ4n) is 0.750. The normalized spacial score (nSPS) is 14.5. The highest BCUT2D eigenvalue weighted by atomic mass is 79.9. The first kappa shape index (κ1) is 10.5. The Morgan fingerprint density at radius 3 is 2.62 bits per heavy atom. The van der Waals surface area contributed by atoms with Crippen molar-refractivity contribution in [1.82, 2.24) is 10.2 Å². The Hall–Kier alpha value is -0.560. The van der Waals surface area contributed by atoms with Crippen LogP contribution >= 0.6 is 15.9 Å². The summed E-state index contributed by atoms with van der Waals surface area (Å²) in [4.78, 5) is 0. The van der Waals surface area contributed by atoms with Crippen molar-refractivity contribution in [2.24, 2.45) is 0 Å². The summed E-state index contributed by atoms with van der Waals surface area (Å²) in [5.74, 6) is 0. The zero-order valence-electron chi connectivity index (χ0n) is 6.27. The molecule has 1 heterocycles. The molecule has 0 bridgehead atoms. The van der Waals surface area contributed by atoms with Crippen LogP contribution in [-0.4, -0.2) is 27.6 Å². The molecule has 0 saturated heterocycles. The minimum Gasteiger partial charge on any atom is -0.383 e. The molecule has 7 heteroatoms. The third kappa shape index (κ3) is 2.70. The van der Waals surface area contributed by atoms with Crippen LogP contribution in [0.4, 0.5) is 13.2 Å². The van der Waals surface area contributed by atoms with E-state index in [2.05, 4.69) is 26.1 Å². The topological polar surface area (TPSA) is 48.9 Å². The summed E-state index contributed by atoms with van der Waals surface area (Å²) in [5, 5.41) is 14.5. The molecule has 1 rings (SSSR count). The van der Waals surface area contributed by atoms with Crippen molar-refractivity contribution in [3.63, 3.8) is 0 Å². The Morgan fingerprint density at radius 2 is 2.23 bits per heavy atom. The summed E-state index contributed by atoms with van der Waals surface area (Å²) in [7, 11) is 0. The number of aliphatic hydroxyl groups excluding tert-OH is 1. The van der Waals surface area contributed by atoms with Crippen LogP contribution in [0.3, 0.4) is 0 Å². The van der Waals surface area contributed by atoms with Crippen molar-refractivity contribution in [1.29, 1.82) is 0 Å². The summed E-state index contributed by atoms with van der Waals surface area (Å²) in [6.07, 6.45) is -6.14. The minimum atomic E-state index is -4.59. The number of halogens is 4. The van der Waals surface area contributed by atoms with Gasteiger partial charge in [0.05, 0.1) is 16.4 Å². The van der Waals surface area contributed by atoms with E-state index in [1.165, 1.54) is 6.20 Å². The lowest BCUT2D eigenvalue weighted by Gasteiger charge is -2.13. The number of nitrogens with zero attached hydrogens (tertiary/aromatic N) is 1. The fourth-order valence-corrected chi connectivity index (χ4v) is 1.10. The van der Waals surface area contributed by atoms with Gasteiger partial charge in [-0.05, 0) is 15.9 Å². The molecule has 1 atom stereocenters. The van der Waals surface area contributed by atoms with E-state index in [1.807, 2.05) is 0 Å². The maximum absolute atomic E-state index is 11.9. The standard InChI is InChI=1S/C6H6BrF3N2O/c7-3-2-11-12-4(3)1-5(13)6(8,9)10/h2,5,13H,1H2,(H,11,12). The number of H-pyrrole nitrogens is 1. The maximum Gasteiger partial charge on any atom is 0.414 e.